The minimum Gasteiger partial charge on any atom is -0.479 e. The monoisotopic (exact) mass is 382 g/mol. The maximum Gasteiger partial charge on any atom is 0.241 e. The van der Waals surface area contributed by atoms with Crippen molar-refractivity contribution < 1.29 is 9.13 Å². The lowest BCUT2D eigenvalue weighted by molar-refractivity contribution is 0.394. The van der Waals surface area contributed by atoms with Crippen LogP contribution in [0, 0.1) is 5.82 Å². The van der Waals surface area contributed by atoms with Crippen molar-refractivity contribution in [2.75, 3.05) is 7.11 Å². The molecule has 0 spiro atoms. The Balaban J connectivity index is 2.39. The Labute approximate surface area is 153 Å². The molecule has 3 nitrogen and oxygen atoms in total. The third kappa shape index (κ3) is 3.05. The fraction of sp³-hybridized carbons (Fsp3) is 0.0588. The highest BCUT2D eigenvalue weighted by Gasteiger charge is 2.23. The van der Waals surface area contributed by atoms with Crippen LogP contribution in [0.2, 0.25) is 15.2 Å². The van der Waals surface area contributed by atoms with Crippen molar-refractivity contribution in [3.05, 3.63) is 63.5 Å². The van der Waals surface area contributed by atoms with Crippen LogP contribution >= 0.6 is 34.8 Å². The maximum absolute atomic E-state index is 14.5. The number of nitrogens with zero attached hydrogens (tertiary/aromatic N) is 2. The van der Waals surface area contributed by atoms with Gasteiger partial charge in [0.25, 0.3) is 0 Å². The van der Waals surface area contributed by atoms with Crippen LogP contribution in [0.5, 0.6) is 5.88 Å². The molecule has 0 aliphatic carbocycles. The van der Waals surface area contributed by atoms with E-state index in [0.717, 1.165) is 0 Å². The molecule has 0 saturated heterocycles. The fourth-order valence-electron chi connectivity index (χ4n) is 2.39. The lowest BCUT2D eigenvalue weighted by Crippen LogP contribution is -2.00. The first-order valence-corrected chi connectivity index (χ1v) is 7.96. The van der Waals surface area contributed by atoms with Crippen molar-refractivity contribution >= 4 is 34.8 Å². The molecule has 1 heterocycles. The predicted molar refractivity (Wildman–Crippen MR) is 94.4 cm³/mol. The Morgan fingerprint density at radius 3 is 2.21 bits per heavy atom. The normalized spacial score (nSPS) is 10.7. The number of halogens is 4. The van der Waals surface area contributed by atoms with Gasteiger partial charge in [-0.2, -0.15) is 0 Å². The number of benzene rings is 2. The smallest absolute Gasteiger partial charge is 0.241 e. The van der Waals surface area contributed by atoms with Gasteiger partial charge in [-0.05, 0) is 29.8 Å². The number of ether oxygens (including phenoxy) is 1. The zero-order valence-electron chi connectivity index (χ0n) is 12.4. The average Bonchev–Trinajstić information content (AvgIpc) is 2.57. The van der Waals surface area contributed by atoms with Gasteiger partial charge in [0.1, 0.15) is 5.82 Å². The standard InChI is InChI=1S/C17H10Cl3FN2O/c1-24-17-13(9-5-7-10(18)8-6-9)15(16(20)22-23-17)14-11(19)3-2-4-12(14)21/h2-8H,1H3. The zero-order chi connectivity index (χ0) is 17.3. The molecule has 0 saturated carbocycles. The Kier molecular flexibility index (Phi) is 4.90. The van der Waals surface area contributed by atoms with Gasteiger partial charge in [0, 0.05) is 16.1 Å². The molecular formula is C17H10Cl3FN2O. The number of hydrogen-bond donors (Lipinski definition) is 0. The maximum atomic E-state index is 14.5. The van der Waals surface area contributed by atoms with E-state index in [1.807, 2.05) is 0 Å². The molecular weight excluding hydrogens is 374 g/mol. The van der Waals surface area contributed by atoms with E-state index in [4.69, 9.17) is 39.5 Å². The van der Waals surface area contributed by atoms with E-state index >= 15 is 0 Å². The van der Waals surface area contributed by atoms with Crippen LogP contribution in [0.1, 0.15) is 0 Å². The van der Waals surface area contributed by atoms with Gasteiger partial charge in [-0.1, -0.05) is 53.0 Å². The average molecular weight is 384 g/mol. The summed E-state index contributed by atoms with van der Waals surface area (Å²) in [5.41, 5.74) is 1.64. The molecule has 24 heavy (non-hydrogen) atoms. The van der Waals surface area contributed by atoms with Gasteiger partial charge < -0.3 is 4.74 Å². The van der Waals surface area contributed by atoms with Gasteiger partial charge in [0.15, 0.2) is 5.15 Å². The summed E-state index contributed by atoms with van der Waals surface area (Å²) in [6.45, 7) is 0. The minimum absolute atomic E-state index is 0.0211. The molecule has 0 N–H and O–H groups in total. The summed E-state index contributed by atoms with van der Waals surface area (Å²) in [5, 5.41) is 8.59. The highest BCUT2D eigenvalue weighted by atomic mass is 35.5. The molecule has 0 unspecified atom stereocenters. The molecule has 0 radical (unpaired) electrons. The van der Waals surface area contributed by atoms with Crippen LogP contribution < -0.4 is 4.74 Å². The Hall–Kier alpha value is -1.88. The summed E-state index contributed by atoms with van der Waals surface area (Å²) in [7, 11) is 1.45. The van der Waals surface area contributed by atoms with Crippen LogP contribution in [0.15, 0.2) is 42.5 Å². The fourth-order valence-corrected chi connectivity index (χ4v) is 3.00. The molecule has 0 bridgehead atoms. The molecule has 2 aromatic carbocycles. The second kappa shape index (κ2) is 6.93. The summed E-state index contributed by atoms with van der Waals surface area (Å²) in [6.07, 6.45) is 0. The first kappa shape index (κ1) is 17.0. The van der Waals surface area contributed by atoms with E-state index in [2.05, 4.69) is 10.2 Å². The van der Waals surface area contributed by atoms with Gasteiger partial charge in [-0.25, -0.2) is 4.39 Å². The van der Waals surface area contributed by atoms with Gasteiger partial charge in [-0.3, -0.25) is 0 Å². The molecule has 0 atom stereocenters. The third-order valence-corrected chi connectivity index (χ3v) is 4.27. The van der Waals surface area contributed by atoms with Crippen LogP contribution in [-0.2, 0) is 0 Å². The van der Waals surface area contributed by atoms with E-state index in [9.17, 15) is 4.39 Å². The number of aromatic nitrogens is 2. The van der Waals surface area contributed by atoms with Crippen molar-refractivity contribution in [2.45, 2.75) is 0 Å². The summed E-state index contributed by atoms with van der Waals surface area (Å²) in [6, 6.07) is 11.3. The number of methoxy groups -OCH3 is 1. The molecule has 0 aliphatic rings. The van der Waals surface area contributed by atoms with Gasteiger partial charge in [0.2, 0.25) is 5.88 Å². The first-order valence-electron chi connectivity index (χ1n) is 6.83. The topological polar surface area (TPSA) is 35.0 Å². The van der Waals surface area contributed by atoms with Gasteiger partial charge in [-0.15, -0.1) is 10.2 Å². The largest absolute Gasteiger partial charge is 0.479 e. The lowest BCUT2D eigenvalue weighted by Gasteiger charge is -2.15. The highest BCUT2D eigenvalue weighted by Crippen LogP contribution is 2.44. The summed E-state index contributed by atoms with van der Waals surface area (Å²) >= 11 is 18.4. The highest BCUT2D eigenvalue weighted by molar-refractivity contribution is 6.36. The SMILES string of the molecule is COc1nnc(Cl)c(-c2c(F)cccc2Cl)c1-c1ccc(Cl)cc1. The minimum atomic E-state index is -0.519. The van der Waals surface area contributed by atoms with Crippen LogP contribution in [0.4, 0.5) is 4.39 Å². The van der Waals surface area contributed by atoms with Crippen molar-refractivity contribution in [3.8, 4) is 28.1 Å². The molecule has 0 amide bonds. The van der Waals surface area contributed by atoms with Crippen molar-refractivity contribution in [1.82, 2.24) is 10.2 Å². The van der Waals surface area contributed by atoms with Crippen LogP contribution in [0.3, 0.4) is 0 Å². The van der Waals surface area contributed by atoms with Gasteiger partial charge in [0.05, 0.1) is 17.7 Å². The second-order valence-electron chi connectivity index (χ2n) is 4.85. The molecule has 3 rings (SSSR count). The summed E-state index contributed by atoms with van der Waals surface area (Å²) in [5.74, 6) is -0.314. The van der Waals surface area contributed by atoms with Crippen molar-refractivity contribution in [2.24, 2.45) is 0 Å². The predicted octanol–water partition coefficient (Wildman–Crippen LogP) is 5.92. The van der Waals surface area contributed by atoms with Crippen molar-refractivity contribution in [1.29, 1.82) is 0 Å². The molecule has 3 aromatic rings. The number of hydrogen-bond acceptors (Lipinski definition) is 3. The molecule has 1 aromatic heterocycles. The summed E-state index contributed by atoms with van der Waals surface area (Å²) in [4.78, 5) is 0. The van der Waals surface area contributed by atoms with E-state index in [-0.39, 0.29) is 21.6 Å². The Bertz CT molecular complexity index is 881. The quantitative estimate of drug-likeness (QED) is 0.563. The lowest BCUT2D eigenvalue weighted by atomic mass is 9.96. The van der Waals surface area contributed by atoms with Crippen molar-refractivity contribution in [3.63, 3.8) is 0 Å². The van der Waals surface area contributed by atoms with Gasteiger partial charge >= 0.3 is 0 Å². The Morgan fingerprint density at radius 2 is 1.58 bits per heavy atom. The second-order valence-corrected chi connectivity index (χ2v) is 6.06. The van der Waals surface area contributed by atoms with Crippen LogP contribution in [-0.4, -0.2) is 17.3 Å². The van der Waals surface area contributed by atoms with E-state index in [0.29, 0.717) is 21.7 Å². The third-order valence-electron chi connectivity index (χ3n) is 3.44. The zero-order valence-corrected chi connectivity index (χ0v) is 14.6. The first-order chi connectivity index (χ1) is 11.5. The van der Waals surface area contributed by atoms with E-state index < -0.39 is 5.82 Å². The number of rotatable bonds is 3. The van der Waals surface area contributed by atoms with E-state index in [1.165, 1.54) is 19.2 Å². The molecule has 7 heteroatoms. The molecule has 122 valence electrons. The molecule has 0 aliphatic heterocycles. The summed E-state index contributed by atoms with van der Waals surface area (Å²) < 4.78 is 19.8. The molecule has 0 fully saturated rings. The van der Waals surface area contributed by atoms with E-state index in [1.54, 1.807) is 30.3 Å². The Morgan fingerprint density at radius 1 is 0.875 bits per heavy atom. The van der Waals surface area contributed by atoms with Crippen LogP contribution in [0.25, 0.3) is 22.3 Å².